The van der Waals surface area contributed by atoms with Crippen LogP contribution in [0.25, 0.3) is 0 Å². The zero-order chi connectivity index (χ0) is 12.1. The highest BCUT2D eigenvalue weighted by Gasteiger charge is 2.14. The number of carbonyl (C=O) groups is 2. The highest BCUT2D eigenvalue weighted by Crippen LogP contribution is 2.23. The van der Waals surface area contributed by atoms with Crippen LogP contribution in [-0.2, 0) is 20.9 Å². The highest BCUT2D eigenvalue weighted by molar-refractivity contribution is 9.11. The Morgan fingerprint density at radius 1 is 1.50 bits per heavy atom. The molecule has 1 amide bonds. The van der Waals surface area contributed by atoms with Crippen LogP contribution in [0.15, 0.2) is 15.9 Å². The maximum Gasteiger partial charge on any atom is 0.315 e. The Hall–Kier alpha value is -0.880. The van der Waals surface area contributed by atoms with Crippen molar-refractivity contribution in [1.29, 1.82) is 0 Å². The number of hydrogen-bond donors (Lipinski definition) is 0. The Morgan fingerprint density at radius 2 is 2.19 bits per heavy atom. The number of thiophene rings is 1. The Labute approximate surface area is 106 Å². The van der Waals surface area contributed by atoms with Gasteiger partial charge in [0, 0.05) is 11.9 Å². The van der Waals surface area contributed by atoms with Crippen LogP contribution < -0.4 is 0 Å². The number of esters is 1. The van der Waals surface area contributed by atoms with Crippen LogP contribution in [0.1, 0.15) is 11.3 Å². The van der Waals surface area contributed by atoms with Gasteiger partial charge in [-0.1, -0.05) is 0 Å². The molecule has 1 aromatic heterocycles. The predicted molar refractivity (Wildman–Crippen MR) is 65.1 cm³/mol. The summed E-state index contributed by atoms with van der Waals surface area (Å²) in [6, 6.07) is 3.87. The summed E-state index contributed by atoms with van der Waals surface area (Å²) in [5.41, 5.74) is 0. The molecule has 0 aromatic carbocycles. The molecule has 0 radical (unpaired) electrons. The molecule has 88 valence electrons. The summed E-state index contributed by atoms with van der Waals surface area (Å²) in [7, 11) is 2.94. The van der Waals surface area contributed by atoms with E-state index in [1.54, 1.807) is 18.4 Å². The van der Waals surface area contributed by atoms with Crippen LogP contribution in [0.5, 0.6) is 0 Å². The molecule has 1 heterocycles. The monoisotopic (exact) mass is 305 g/mol. The molecule has 6 heteroatoms. The first-order chi connectivity index (χ1) is 7.52. The summed E-state index contributed by atoms with van der Waals surface area (Å²) in [6.07, 6.45) is -0.209. The highest BCUT2D eigenvalue weighted by atomic mass is 79.9. The van der Waals surface area contributed by atoms with Crippen LogP contribution >= 0.6 is 27.3 Å². The standard InChI is InChI=1S/C10H12BrNO3S/c1-12(9(13)5-10(14)15-2)6-7-3-4-8(11)16-7/h3-4H,5-6H2,1-2H3. The third-order valence-electron chi connectivity index (χ3n) is 1.97. The van der Waals surface area contributed by atoms with Crippen molar-refractivity contribution < 1.29 is 14.3 Å². The number of rotatable bonds is 4. The molecule has 0 N–H and O–H groups in total. The third kappa shape index (κ3) is 3.94. The topological polar surface area (TPSA) is 46.6 Å². The Morgan fingerprint density at radius 3 is 2.69 bits per heavy atom. The molecule has 0 aliphatic carbocycles. The van der Waals surface area contributed by atoms with Crippen molar-refractivity contribution in [2.45, 2.75) is 13.0 Å². The van der Waals surface area contributed by atoms with E-state index in [2.05, 4.69) is 20.7 Å². The Kier molecular flexibility index (Phi) is 4.95. The molecule has 0 aliphatic rings. The fraction of sp³-hybridized carbons (Fsp3) is 0.400. The van der Waals surface area contributed by atoms with Gasteiger partial charge in [-0.25, -0.2) is 0 Å². The first kappa shape index (κ1) is 13.2. The second-order valence-electron chi connectivity index (χ2n) is 3.21. The van der Waals surface area contributed by atoms with Crippen molar-refractivity contribution in [1.82, 2.24) is 4.90 Å². The molecule has 0 bridgehead atoms. The molecule has 1 aromatic rings. The minimum atomic E-state index is -0.510. The molecule has 0 aliphatic heterocycles. The normalized spacial score (nSPS) is 9.94. The fourth-order valence-electron chi connectivity index (χ4n) is 1.09. The molecule has 4 nitrogen and oxygen atoms in total. The van der Waals surface area contributed by atoms with Crippen molar-refractivity contribution in [2.24, 2.45) is 0 Å². The molecule has 0 saturated heterocycles. The first-order valence-corrected chi connectivity index (χ1v) is 6.19. The smallest absolute Gasteiger partial charge is 0.315 e. The largest absolute Gasteiger partial charge is 0.469 e. The number of nitrogens with zero attached hydrogens (tertiary/aromatic N) is 1. The summed E-state index contributed by atoms with van der Waals surface area (Å²) in [4.78, 5) is 25.0. The third-order valence-corrected chi connectivity index (χ3v) is 3.58. The molecule has 0 fully saturated rings. The Balaban J connectivity index is 2.48. The molecular weight excluding hydrogens is 294 g/mol. The second-order valence-corrected chi connectivity index (χ2v) is 5.76. The first-order valence-electron chi connectivity index (χ1n) is 4.58. The molecule has 0 unspecified atom stereocenters. The van der Waals surface area contributed by atoms with E-state index in [1.165, 1.54) is 12.0 Å². The number of ether oxygens (including phenoxy) is 1. The number of halogens is 1. The molecule has 0 atom stereocenters. The summed E-state index contributed by atoms with van der Waals surface area (Å²) >= 11 is 4.92. The van der Waals surface area contributed by atoms with Gasteiger partial charge in [-0.3, -0.25) is 9.59 Å². The van der Waals surface area contributed by atoms with Gasteiger partial charge in [0.2, 0.25) is 5.91 Å². The maximum atomic E-state index is 11.5. The van der Waals surface area contributed by atoms with Crippen LogP contribution in [-0.4, -0.2) is 30.9 Å². The van der Waals surface area contributed by atoms with Crippen LogP contribution in [0.3, 0.4) is 0 Å². The molecule has 1 rings (SSSR count). The van der Waals surface area contributed by atoms with E-state index in [4.69, 9.17) is 0 Å². The zero-order valence-electron chi connectivity index (χ0n) is 9.03. The van der Waals surface area contributed by atoms with Crippen molar-refractivity contribution in [3.05, 3.63) is 20.8 Å². The number of amides is 1. The van der Waals surface area contributed by atoms with Crippen molar-refractivity contribution in [3.63, 3.8) is 0 Å². The number of hydrogen-bond acceptors (Lipinski definition) is 4. The Bertz CT molecular complexity index is 391. The van der Waals surface area contributed by atoms with E-state index in [9.17, 15) is 9.59 Å². The van der Waals surface area contributed by atoms with Gasteiger partial charge >= 0.3 is 5.97 Å². The van der Waals surface area contributed by atoms with Gasteiger partial charge < -0.3 is 9.64 Å². The molecule has 16 heavy (non-hydrogen) atoms. The van der Waals surface area contributed by atoms with Crippen molar-refractivity contribution >= 4 is 39.1 Å². The van der Waals surface area contributed by atoms with Crippen molar-refractivity contribution in [2.75, 3.05) is 14.2 Å². The van der Waals surface area contributed by atoms with Gasteiger partial charge in [0.25, 0.3) is 0 Å². The summed E-state index contributed by atoms with van der Waals surface area (Å²) < 4.78 is 5.46. The van der Waals surface area contributed by atoms with Gasteiger partial charge in [-0.2, -0.15) is 0 Å². The van der Waals surface area contributed by atoms with Gasteiger partial charge in [0.05, 0.1) is 17.4 Å². The van der Waals surface area contributed by atoms with Gasteiger partial charge in [-0.05, 0) is 28.1 Å². The molecule has 0 spiro atoms. The van der Waals surface area contributed by atoms with E-state index in [-0.39, 0.29) is 12.3 Å². The zero-order valence-corrected chi connectivity index (χ0v) is 11.4. The van der Waals surface area contributed by atoms with Gasteiger partial charge in [0.15, 0.2) is 0 Å². The molecular formula is C10H12BrNO3S. The fourth-order valence-corrected chi connectivity index (χ4v) is 2.63. The lowest BCUT2D eigenvalue weighted by molar-refractivity contribution is -0.146. The summed E-state index contributed by atoms with van der Waals surface area (Å²) in [5.74, 6) is -0.749. The molecule has 0 saturated carbocycles. The minimum Gasteiger partial charge on any atom is -0.469 e. The van der Waals surface area contributed by atoms with E-state index >= 15 is 0 Å². The van der Waals surface area contributed by atoms with E-state index < -0.39 is 5.97 Å². The SMILES string of the molecule is COC(=O)CC(=O)N(C)Cc1ccc(Br)s1. The van der Waals surface area contributed by atoms with Crippen molar-refractivity contribution in [3.8, 4) is 0 Å². The van der Waals surface area contributed by atoms with Crippen LogP contribution in [0, 0.1) is 0 Å². The average molecular weight is 306 g/mol. The lowest BCUT2D eigenvalue weighted by atomic mass is 10.3. The van der Waals surface area contributed by atoms with Crippen LogP contribution in [0.4, 0.5) is 0 Å². The maximum absolute atomic E-state index is 11.5. The number of carbonyl (C=O) groups excluding carboxylic acids is 2. The van der Waals surface area contributed by atoms with E-state index in [1.807, 2.05) is 12.1 Å². The van der Waals surface area contributed by atoms with Crippen LogP contribution in [0.2, 0.25) is 0 Å². The average Bonchev–Trinajstić information content (AvgIpc) is 2.63. The minimum absolute atomic E-state index is 0.209. The van der Waals surface area contributed by atoms with Gasteiger partial charge in [0.1, 0.15) is 6.42 Å². The van der Waals surface area contributed by atoms with E-state index in [0.29, 0.717) is 6.54 Å². The predicted octanol–water partition coefficient (Wildman–Crippen LogP) is 2.03. The number of methoxy groups -OCH3 is 1. The lowest BCUT2D eigenvalue weighted by Gasteiger charge is -2.15. The summed E-state index contributed by atoms with van der Waals surface area (Å²) in [6.45, 7) is 0.506. The second kappa shape index (κ2) is 6.00. The quantitative estimate of drug-likeness (QED) is 0.632. The van der Waals surface area contributed by atoms with E-state index in [0.717, 1.165) is 8.66 Å². The summed E-state index contributed by atoms with van der Waals surface area (Å²) in [5, 5.41) is 0. The lowest BCUT2D eigenvalue weighted by Crippen LogP contribution is -2.28. The van der Waals surface area contributed by atoms with Gasteiger partial charge in [-0.15, -0.1) is 11.3 Å².